The second kappa shape index (κ2) is 7.17. The summed E-state index contributed by atoms with van der Waals surface area (Å²) in [5.74, 6) is 0.440. The van der Waals surface area contributed by atoms with E-state index < -0.39 is 18.4 Å². The average molecular weight is 352 g/mol. The maximum absolute atomic E-state index is 13.2. The summed E-state index contributed by atoms with van der Waals surface area (Å²) in [5, 5.41) is 3.39. The molecular formula is C17H15F3N2OS. The molecule has 1 heterocycles. The number of nitrogens with zero attached hydrogens (tertiary/aromatic N) is 2. The van der Waals surface area contributed by atoms with Crippen LogP contribution in [0.1, 0.15) is 11.6 Å². The van der Waals surface area contributed by atoms with Gasteiger partial charge in [0.05, 0.1) is 6.04 Å². The third kappa shape index (κ3) is 3.84. The minimum Gasteiger partial charge on any atom is -0.359 e. The lowest BCUT2D eigenvalue weighted by molar-refractivity contribution is -0.248. The van der Waals surface area contributed by atoms with Crippen molar-refractivity contribution in [1.82, 2.24) is 4.90 Å². The van der Waals surface area contributed by atoms with Crippen molar-refractivity contribution < 1.29 is 18.0 Å². The summed E-state index contributed by atoms with van der Waals surface area (Å²) >= 11 is 1.50. The zero-order valence-electron chi connectivity index (χ0n) is 12.6. The van der Waals surface area contributed by atoms with Gasteiger partial charge in [-0.05, 0) is 17.7 Å². The number of hydrogen-bond donors (Lipinski definition) is 0. The molecule has 0 fully saturated rings. The number of alkyl halides is 3. The van der Waals surface area contributed by atoms with Gasteiger partial charge in [-0.3, -0.25) is 0 Å². The monoisotopic (exact) mass is 352 g/mol. The molecule has 0 spiro atoms. The maximum atomic E-state index is 13.2. The van der Waals surface area contributed by atoms with Crippen molar-refractivity contribution in [1.29, 1.82) is 0 Å². The lowest BCUT2D eigenvalue weighted by Gasteiger charge is -2.31. The molecule has 0 saturated carbocycles. The molecule has 7 heteroatoms. The number of benzene rings is 2. The molecule has 0 bridgehead atoms. The molecular weight excluding hydrogens is 337 g/mol. The molecule has 2 atom stereocenters. The first-order valence-corrected chi connectivity index (χ1v) is 8.30. The Bertz CT molecular complexity index is 679. The summed E-state index contributed by atoms with van der Waals surface area (Å²) in [7, 11) is 0. The zero-order chi connectivity index (χ0) is 17.0. The number of thioether (sulfide) groups is 1. The quantitative estimate of drug-likeness (QED) is 0.730. The van der Waals surface area contributed by atoms with Gasteiger partial charge >= 0.3 is 6.18 Å². The number of oxime groups is 1. The van der Waals surface area contributed by atoms with E-state index in [-0.39, 0.29) is 0 Å². The van der Waals surface area contributed by atoms with Crippen molar-refractivity contribution in [2.45, 2.75) is 23.3 Å². The second-order valence-electron chi connectivity index (χ2n) is 5.22. The Labute approximate surface area is 142 Å². The predicted octanol–water partition coefficient (Wildman–Crippen LogP) is 4.68. The lowest BCUT2D eigenvalue weighted by Crippen LogP contribution is -2.45. The second-order valence-corrected chi connectivity index (χ2v) is 6.31. The van der Waals surface area contributed by atoms with Gasteiger partial charge in [-0.1, -0.05) is 53.7 Å². The molecule has 0 saturated heterocycles. The van der Waals surface area contributed by atoms with Gasteiger partial charge in [0.1, 0.15) is 6.34 Å². The molecule has 1 aliphatic heterocycles. The molecule has 1 aliphatic rings. The van der Waals surface area contributed by atoms with E-state index in [1.54, 1.807) is 0 Å². The standard InChI is InChI=1S/C17H15F3N2OS/c18-17(19,20)16-22(12-21-23-16)15(13-7-3-1-4-8-13)11-24-14-9-5-2-6-10-14/h1-10,12,15-16H,11H2. The molecule has 3 nitrogen and oxygen atoms in total. The Morgan fingerprint density at radius 1 is 1.04 bits per heavy atom. The molecule has 0 radical (unpaired) electrons. The van der Waals surface area contributed by atoms with Crippen molar-refractivity contribution in [3.63, 3.8) is 0 Å². The van der Waals surface area contributed by atoms with E-state index in [1.807, 2.05) is 60.7 Å². The van der Waals surface area contributed by atoms with Crippen LogP contribution < -0.4 is 0 Å². The van der Waals surface area contributed by atoms with Gasteiger partial charge in [-0.15, -0.1) is 11.8 Å². The Kier molecular flexibility index (Phi) is 4.99. The number of halogens is 3. The summed E-state index contributed by atoms with van der Waals surface area (Å²) in [4.78, 5) is 6.67. The number of hydrogen-bond acceptors (Lipinski definition) is 4. The largest absolute Gasteiger partial charge is 0.448 e. The van der Waals surface area contributed by atoms with Crippen LogP contribution in [-0.4, -0.2) is 29.4 Å². The fourth-order valence-electron chi connectivity index (χ4n) is 2.45. The van der Waals surface area contributed by atoms with Gasteiger partial charge in [0, 0.05) is 10.6 Å². The van der Waals surface area contributed by atoms with Crippen LogP contribution in [0.2, 0.25) is 0 Å². The van der Waals surface area contributed by atoms with E-state index in [0.29, 0.717) is 5.75 Å². The summed E-state index contributed by atoms with van der Waals surface area (Å²) in [5.41, 5.74) is 0.784. The highest BCUT2D eigenvalue weighted by molar-refractivity contribution is 7.99. The van der Waals surface area contributed by atoms with Crippen LogP contribution >= 0.6 is 11.8 Å². The maximum Gasteiger partial charge on any atom is 0.448 e. The van der Waals surface area contributed by atoms with Crippen molar-refractivity contribution in [2.24, 2.45) is 5.16 Å². The molecule has 2 aromatic carbocycles. The topological polar surface area (TPSA) is 24.8 Å². The summed E-state index contributed by atoms with van der Waals surface area (Å²) < 4.78 is 39.6. The average Bonchev–Trinajstić information content (AvgIpc) is 3.07. The molecule has 24 heavy (non-hydrogen) atoms. The van der Waals surface area contributed by atoms with E-state index in [0.717, 1.165) is 21.7 Å². The predicted molar refractivity (Wildman–Crippen MR) is 87.6 cm³/mol. The molecule has 0 aliphatic carbocycles. The van der Waals surface area contributed by atoms with Crippen LogP contribution in [0.3, 0.4) is 0 Å². The van der Waals surface area contributed by atoms with Crippen LogP contribution in [0.4, 0.5) is 13.2 Å². The molecule has 2 unspecified atom stereocenters. The zero-order valence-corrected chi connectivity index (χ0v) is 13.4. The van der Waals surface area contributed by atoms with E-state index in [4.69, 9.17) is 0 Å². The van der Waals surface area contributed by atoms with Crippen LogP contribution in [0, 0.1) is 0 Å². The molecule has 0 amide bonds. The van der Waals surface area contributed by atoms with Gasteiger partial charge in [-0.25, -0.2) is 0 Å². The highest BCUT2D eigenvalue weighted by atomic mass is 32.2. The summed E-state index contributed by atoms with van der Waals surface area (Å²) in [6.07, 6.45) is -5.44. The first kappa shape index (κ1) is 16.7. The SMILES string of the molecule is FC(F)(F)C1ON=CN1C(CSc1ccccc1)c1ccccc1. The first-order valence-electron chi connectivity index (χ1n) is 7.32. The van der Waals surface area contributed by atoms with E-state index in [1.165, 1.54) is 11.8 Å². The smallest absolute Gasteiger partial charge is 0.359 e. The normalized spacial score (nSPS) is 18.5. The van der Waals surface area contributed by atoms with E-state index in [2.05, 4.69) is 9.99 Å². The van der Waals surface area contributed by atoms with Crippen LogP contribution in [0.25, 0.3) is 0 Å². The fraction of sp³-hybridized carbons (Fsp3) is 0.235. The molecule has 0 aromatic heterocycles. The Morgan fingerprint density at radius 2 is 1.67 bits per heavy atom. The lowest BCUT2D eigenvalue weighted by atomic mass is 10.1. The molecule has 2 aromatic rings. The summed E-state index contributed by atoms with van der Waals surface area (Å²) in [6, 6.07) is 18.2. The van der Waals surface area contributed by atoms with Crippen LogP contribution in [0.15, 0.2) is 70.7 Å². The minimum atomic E-state index is -4.51. The highest BCUT2D eigenvalue weighted by Crippen LogP contribution is 2.36. The van der Waals surface area contributed by atoms with E-state index in [9.17, 15) is 13.2 Å². The molecule has 3 rings (SSSR count). The van der Waals surface area contributed by atoms with Crippen molar-refractivity contribution in [3.8, 4) is 0 Å². The third-order valence-electron chi connectivity index (χ3n) is 3.59. The van der Waals surface area contributed by atoms with Gasteiger partial charge in [0.2, 0.25) is 0 Å². The minimum absolute atomic E-state index is 0.440. The Hall–Kier alpha value is -2.15. The Morgan fingerprint density at radius 3 is 2.29 bits per heavy atom. The molecule has 0 N–H and O–H groups in total. The fourth-order valence-corrected chi connectivity index (χ4v) is 3.51. The third-order valence-corrected chi connectivity index (χ3v) is 4.68. The van der Waals surface area contributed by atoms with Gasteiger partial charge in [-0.2, -0.15) is 13.2 Å². The van der Waals surface area contributed by atoms with Gasteiger partial charge in [0.25, 0.3) is 6.23 Å². The van der Waals surface area contributed by atoms with Gasteiger partial charge in [0.15, 0.2) is 0 Å². The first-order chi connectivity index (χ1) is 11.6. The van der Waals surface area contributed by atoms with Crippen molar-refractivity contribution >= 4 is 18.1 Å². The highest BCUT2D eigenvalue weighted by Gasteiger charge is 2.50. The summed E-state index contributed by atoms with van der Waals surface area (Å²) in [6.45, 7) is 0. The Balaban J connectivity index is 1.84. The van der Waals surface area contributed by atoms with Gasteiger partial charge < -0.3 is 9.74 Å². The van der Waals surface area contributed by atoms with E-state index >= 15 is 0 Å². The van der Waals surface area contributed by atoms with Crippen molar-refractivity contribution in [3.05, 3.63) is 66.2 Å². The van der Waals surface area contributed by atoms with Crippen LogP contribution in [0.5, 0.6) is 0 Å². The van der Waals surface area contributed by atoms with Crippen LogP contribution in [-0.2, 0) is 4.84 Å². The molecule has 126 valence electrons. The van der Waals surface area contributed by atoms with Crippen molar-refractivity contribution in [2.75, 3.05) is 5.75 Å². The number of rotatable bonds is 5.